The number of fused-ring (bicyclic) bond motifs is 1. The highest BCUT2D eigenvalue weighted by Gasteiger charge is 2.51. The Morgan fingerprint density at radius 2 is 1.37 bits per heavy atom. The quantitative estimate of drug-likeness (QED) is 0.459. The lowest BCUT2D eigenvalue weighted by atomic mass is 9.78. The molecular formula is C25H25BN2O2. The summed E-state index contributed by atoms with van der Waals surface area (Å²) in [6.07, 6.45) is 2.06. The largest absolute Gasteiger partial charge is 0.494 e. The van der Waals surface area contributed by atoms with Crippen LogP contribution in [0.5, 0.6) is 0 Å². The van der Waals surface area contributed by atoms with Crippen LogP contribution in [0.2, 0.25) is 0 Å². The van der Waals surface area contributed by atoms with Gasteiger partial charge >= 0.3 is 7.12 Å². The summed E-state index contributed by atoms with van der Waals surface area (Å²) >= 11 is 0. The maximum Gasteiger partial charge on any atom is 0.494 e. The molecule has 0 unspecified atom stereocenters. The van der Waals surface area contributed by atoms with E-state index in [9.17, 15) is 0 Å². The van der Waals surface area contributed by atoms with Crippen molar-refractivity contribution < 1.29 is 9.31 Å². The van der Waals surface area contributed by atoms with Gasteiger partial charge < -0.3 is 9.31 Å². The Hall–Kier alpha value is -2.89. The van der Waals surface area contributed by atoms with Crippen LogP contribution in [-0.2, 0) is 9.31 Å². The molecule has 30 heavy (non-hydrogen) atoms. The summed E-state index contributed by atoms with van der Waals surface area (Å²) < 4.78 is 14.6. The summed E-state index contributed by atoms with van der Waals surface area (Å²) in [6.45, 7) is 8.30. The van der Waals surface area contributed by atoms with E-state index in [2.05, 4.69) is 74.7 Å². The molecule has 0 bridgehead atoms. The maximum absolute atomic E-state index is 6.20. The van der Waals surface area contributed by atoms with E-state index in [1.54, 1.807) is 0 Å². The first kappa shape index (κ1) is 19.1. The molecule has 0 aliphatic carbocycles. The van der Waals surface area contributed by atoms with Crippen LogP contribution in [0.1, 0.15) is 27.7 Å². The van der Waals surface area contributed by atoms with Crippen molar-refractivity contribution in [3.8, 4) is 22.5 Å². The molecule has 3 heterocycles. The fourth-order valence-corrected chi connectivity index (χ4v) is 3.85. The fourth-order valence-electron chi connectivity index (χ4n) is 3.85. The van der Waals surface area contributed by atoms with Gasteiger partial charge in [0.25, 0.3) is 0 Å². The third-order valence-electron chi connectivity index (χ3n) is 6.29. The standard InChI is InChI=1S/C25H25BN2O2/c1-24(2)25(3,4)30-26(29-24)20-15-13-19(14-16-20)23-22(18-10-6-5-7-11-18)27-21-12-8-9-17-28(21)23/h5-17H,1-4H3. The number of rotatable bonds is 3. The van der Waals surface area contributed by atoms with Crippen molar-refractivity contribution in [2.75, 3.05) is 0 Å². The van der Waals surface area contributed by atoms with Gasteiger partial charge in [-0.25, -0.2) is 4.98 Å². The molecule has 0 radical (unpaired) electrons. The van der Waals surface area contributed by atoms with Gasteiger partial charge in [0.05, 0.1) is 22.6 Å². The zero-order chi connectivity index (χ0) is 20.9. The number of hydrogen-bond donors (Lipinski definition) is 0. The number of pyridine rings is 1. The zero-order valence-corrected chi connectivity index (χ0v) is 17.8. The molecule has 0 N–H and O–H groups in total. The zero-order valence-electron chi connectivity index (χ0n) is 17.8. The molecule has 5 heteroatoms. The van der Waals surface area contributed by atoms with Crippen LogP contribution < -0.4 is 5.46 Å². The molecule has 2 aromatic heterocycles. The molecule has 0 amide bonds. The summed E-state index contributed by atoms with van der Waals surface area (Å²) in [4.78, 5) is 4.91. The fraction of sp³-hybridized carbons (Fsp3) is 0.240. The van der Waals surface area contributed by atoms with Crippen molar-refractivity contribution in [1.82, 2.24) is 9.38 Å². The molecule has 2 aromatic carbocycles. The van der Waals surface area contributed by atoms with Crippen molar-refractivity contribution >= 4 is 18.2 Å². The van der Waals surface area contributed by atoms with Crippen LogP contribution in [0.3, 0.4) is 0 Å². The van der Waals surface area contributed by atoms with E-state index >= 15 is 0 Å². The lowest BCUT2D eigenvalue weighted by molar-refractivity contribution is 0.00578. The topological polar surface area (TPSA) is 35.8 Å². The van der Waals surface area contributed by atoms with Crippen LogP contribution in [0.25, 0.3) is 28.2 Å². The highest BCUT2D eigenvalue weighted by atomic mass is 16.7. The number of benzene rings is 2. The second-order valence-electron chi connectivity index (χ2n) is 8.81. The predicted molar refractivity (Wildman–Crippen MR) is 122 cm³/mol. The molecule has 1 saturated heterocycles. The number of nitrogens with zero attached hydrogens (tertiary/aromatic N) is 2. The van der Waals surface area contributed by atoms with E-state index in [1.807, 2.05) is 36.4 Å². The molecule has 0 spiro atoms. The SMILES string of the molecule is CC1(C)OB(c2ccc(-c3c(-c4ccccc4)nc4ccccn34)cc2)OC1(C)C. The third kappa shape index (κ3) is 3.06. The van der Waals surface area contributed by atoms with Gasteiger partial charge in [0.1, 0.15) is 5.65 Å². The molecule has 4 aromatic rings. The molecule has 1 aliphatic heterocycles. The van der Waals surface area contributed by atoms with Crippen LogP contribution in [0.15, 0.2) is 79.0 Å². The Morgan fingerprint density at radius 1 is 0.733 bits per heavy atom. The minimum absolute atomic E-state index is 0.349. The molecule has 0 saturated carbocycles. The Bertz CT molecular complexity index is 1180. The summed E-state index contributed by atoms with van der Waals surface area (Å²) in [5, 5.41) is 0. The van der Waals surface area contributed by atoms with Gasteiger partial charge in [-0.05, 0) is 45.3 Å². The average molecular weight is 396 g/mol. The molecular weight excluding hydrogens is 371 g/mol. The summed E-state index contributed by atoms with van der Waals surface area (Å²) in [6, 6.07) is 24.8. The Kier molecular flexibility index (Phi) is 4.35. The molecule has 150 valence electrons. The van der Waals surface area contributed by atoms with Crippen LogP contribution in [-0.4, -0.2) is 27.7 Å². The normalized spacial score (nSPS) is 17.5. The summed E-state index contributed by atoms with van der Waals surface area (Å²) in [5.74, 6) is 0. The summed E-state index contributed by atoms with van der Waals surface area (Å²) in [5.41, 5.74) is 5.52. The minimum atomic E-state index is -0.361. The van der Waals surface area contributed by atoms with Crippen LogP contribution in [0, 0.1) is 0 Å². The first-order chi connectivity index (χ1) is 14.4. The third-order valence-corrected chi connectivity index (χ3v) is 6.29. The lowest BCUT2D eigenvalue weighted by Gasteiger charge is -2.32. The second-order valence-corrected chi connectivity index (χ2v) is 8.81. The van der Waals surface area contributed by atoms with E-state index in [0.717, 1.165) is 33.6 Å². The predicted octanol–water partition coefficient (Wildman–Crippen LogP) is 4.97. The highest BCUT2D eigenvalue weighted by Crippen LogP contribution is 2.37. The van der Waals surface area contributed by atoms with Crippen LogP contribution in [0.4, 0.5) is 0 Å². The number of imidazole rings is 1. The van der Waals surface area contributed by atoms with Gasteiger partial charge in [-0.15, -0.1) is 0 Å². The number of aromatic nitrogens is 2. The lowest BCUT2D eigenvalue weighted by Crippen LogP contribution is -2.41. The first-order valence-electron chi connectivity index (χ1n) is 10.3. The van der Waals surface area contributed by atoms with Gasteiger partial charge in [0.2, 0.25) is 0 Å². The number of hydrogen-bond acceptors (Lipinski definition) is 3. The van der Waals surface area contributed by atoms with Gasteiger partial charge in [0, 0.05) is 17.3 Å². The van der Waals surface area contributed by atoms with E-state index in [-0.39, 0.29) is 18.3 Å². The van der Waals surface area contributed by atoms with E-state index in [1.165, 1.54) is 0 Å². The van der Waals surface area contributed by atoms with E-state index < -0.39 is 0 Å². The average Bonchev–Trinajstić information content (AvgIpc) is 3.23. The second kappa shape index (κ2) is 6.83. The van der Waals surface area contributed by atoms with Gasteiger partial charge in [-0.3, -0.25) is 4.40 Å². The molecule has 1 aliphatic rings. The van der Waals surface area contributed by atoms with Crippen molar-refractivity contribution in [2.45, 2.75) is 38.9 Å². The highest BCUT2D eigenvalue weighted by molar-refractivity contribution is 6.62. The van der Waals surface area contributed by atoms with Crippen molar-refractivity contribution in [3.63, 3.8) is 0 Å². The molecule has 5 rings (SSSR count). The monoisotopic (exact) mass is 396 g/mol. The Balaban J connectivity index is 1.57. The van der Waals surface area contributed by atoms with Gasteiger partial charge in [0.15, 0.2) is 0 Å². The molecule has 1 fully saturated rings. The maximum atomic E-state index is 6.20. The Labute approximate surface area is 177 Å². The van der Waals surface area contributed by atoms with Crippen LogP contribution >= 0.6 is 0 Å². The van der Waals surface area contributed by atoms with Crippen molar-refractivity contribution in [1.29, 1.82) is 0 Å². The van der Waals surface area contributed by atoms with Gasteiger partial charge in [-0.2, -0.15) is 0 Å². The van der Waals surface area contributed by atoms with Crippen molar-refractivity contribution in [2.24, 2.45) is 0 Å². The van der Waals surface area contributed by atoms with Gasteiger partial charge in [-0.1, -0.05) is 60.7 Å². The molecule has 0 atom stereocenters. The summed E-state index contributed by atoms with van der Waals surface area (Å²) in [7, 11) is -0.361. The first-order valence-corrected chi connectivity index (χ1v) is 10.3. The van der Waals surface area contributed by atoms with E-state index in [0.29, 0.717) is 0 Å². The van der Waals surface area contributed by atoms with E-state index in [4.69, 9.17) is 14.3 Å². The Morgan fingerprint density at radius 3 is 2.03 bits per heavy atom. The smallest absolute Gasteiger partial charge is 0.399 e. The molecule has 4 nitrogen and oxygen atoms in total. The minimum Gasteiger partial charge on any atom is -0.399 e. The van der Waals surface area contributed by atoms with Crippen molar-refractivity contribution in [3.05, 3.63) is 79.0 Å².